The monoisotopic (exact) mass is 252 g/mol. The average Bonchev–Trinajstić information content (AvgIpc) is 2.35. The summed E-state index contributed by atoms with van der Waals surface area (Å²) in [5, 5.41) is 3.43. The van der Waals surface area contributed by atoms with Crippen molar-refractivity contribution in [3.63, 3.8) is 0 Å². The van der Waals surface area contributed by atoms with Crippen LogP contribution in [-0.2, 0) is 0 Å². The lowest BCUT2D eigenvalue weighted by atomic mass is 10.0. The van der Waals surface area contributed by atoms with Crippen LogP contribution in [0.25, 0.3) is 0 Å². The smallest absolute Gasteiger partial charge is 0.123 e. The van der Waals surface area contributed by atoms with Crippen molar-refractivity contribution < 1.29 is 4.39 Å². The van der Waals surface area contributed by atoms with Crippen molar-refractivity contribution in [1.82, 2.24) is 10.2 Å². The summed E-state index contributed by atoms with van der Waals surface area (Å²) in [6, 6.07) is 7.15. The summed E-state index contributed by atoms with van der Waals surface area (Å²) < 4.78 is 13.2. The zero-order valence-electron chi connectivity index (χ0n) is 11.7. The van der Waals surface area contributed by atoms with Gasteiger partial charge in [0, 0.05) is 6.04 Å². The molecule has 0 spiro atoms. The number of hydrogen-bond donors (Lipinski definition) is 1. The number of halogens is 1. The van der Waals surface area contributed by atoms with E-state index < -0.39 is 0 Å². The molecule has 18 heavy (non-hydrogen) atoms. The van der Waals surface area contributed by atoms with E-state index in [1.165, 1.54) is 12.5 Å². The van der Waals surface area contributed by atoms with Crippen molar-refractivity contribution in [2.24, 2.45) is 0 Å². The molecule has 1 unspecified atom stereocenters. The molecule has 102 valence electrons. The van der Waals surface area contributed by atoms with Crippen molar-refractivity contribution in [1.29, 1.82) is 0 Å². The fourth-order valence-corrected chi connectivity index (χ4v) is 2.20. The first-order chi connectivity index (χ1) is 8.67. The van der Waals surface area contributed by atoms with Crippen LogP contribution in [0.5, 0.6) is 0 Å². The quantitative estimate of drug-likeness (QED) is 0.764. The highest BCUT2D eigenvalue weighted by molar-refractivity contribution is 5.20. The van der Waals surface area contributed by atoms with Crippen LogP contribution in [0.3, 0.4) is 0 Å². The summed E-state index contributed by atoms with van der Waals surface area (Å²) in [6.07, 6.45) is 2.18. The predicted molar refractivity (Wildman–Crippen MR) is 75.2 cm³/mol. The maximum Gasteiger partial charge on any atom is 0.123 e. The third-order valence-electron chi connectivity index (χ3n) is 3.11. The molecule has 0 aliphatic carbocycles. The van der Waals surface area contributed by atoms with Crippen molar-refractivity contribution in [2.45, 2.75) is 32.7 Å². The van der Waals surface area contributed by atoms with E-state index in [1.54, 1.807) is 12.1 Å². The second kappa shape index (κ2) is 8.22. The van der Waals surface area contributed by atoms with Gasteiger partial charge >= 0.3 is 0 Å². The number of benzene rings is 1. The molecule has 1 atom stereocenters. The van der Waals surface area contributed by atoms with Gasteiger partial charge in [-0.25, -0.2) is 4.39 Å². The first-order valence-electron chi connectivity index (χ1n) is 6.84. The van der Waals surface area contributed by atoms with E-state index in [2.05, 4.69) is 31.1 Å². The Labute approximate surface area is 110 Å². The Balaban J connectivity index is 2.59. The Morgan fingerprint density at radius 2 is 2.06 bits per heavy atom. The minimum absolute atomic E-state index is 0.155. The molecule has 1 N–H and O–H groups in total. The van der Waals surface area contributed by atoms with Crippen molar-refractivity contribution in [3.8, 4) is 0 Å². The lowest BCUT2D eigenvalue weighted by molar-refractivity contribution is 0.308. The molecule has 0 bridgehead atoms. The molecule has 0 saturated carbocycles. The molecule has 1 aromatic carbocycles. The molecule has 1 rings (SSSR count). The number of nitrogens with zero attached hydrogens (tertiary/aromatic N) is 1. The Bertz CT molecular complexity index is 341. The van der Waals surface area contributed by atoms with Gasteiger partial charge in [0.15, 0.2) is 0 Å². The van der Waals surface area contributed by atoms with Crippen molar-refractivity contribution >= 4 is 0 Å². The van der Waals surface area contributed by atoms with Gasteiger partial charge in [-0.1, -0.05) is 26.0 Å². The van der Waals surface area contributed by atoms with E-state index >= 15 is 0 Å². The molecule has 2 nitrogen and oxygen atoms in total. The van der Waals surface area contributed by atoms with Gasteiger partial charge in [0.1, 0.15) is 5.82 Å². The first kappa shape index (κ1) is 15.1. The Hall–Kier alpha value is -0.930. The third-order valence-corrected chi connectivity index (χ3v) is 3.11. The van der Waals surface area contributed by atoms with Gasteiger partial charge in [0.25, 0.3) is 0 Å². The van der Waals surface area contributed by atoms with E-state index in [1.807, 2.05) is 6.07 Å². The van der Waals surface area contributed by atoms with Gasteiger partial charge < -0.3 is 10.2 Å². The van der Waals surface area contributed by atoms with E-state index in [0.29, 0.717) is 0 Å². The van der Waals surface area contributed by atoms with Gasteiger partial charge in [-0.2, -0.15) is 0 Å². The average molecular weight is 252 g/mol. The fraction of sp³-hybridized carbons (Fsp3) is 0.600. The molecule has 0 amide bonds. The molecule has 1 aromatic rings. The normalized spacial score (nSPS) is 12.9. The van der Waals surface area contributed by atoms with Crippen molar-refractivity contribution in [2.75, 3.05) is 26.7 Å². The lowest BCUT2D eigenvalue weighted by Gasteiger charge is -2.22. The van der Waals surface area contributed by atoms with Gasteiger partial charge in [0.05, 0.1) is 0 Å². The first-order valence-corrected chi connectivity index (χ1v) is 6.84. The minimum atomic E-state index is -0.155. The summed E-state index contributed by atoms with van der Waals surface area (Å²) in [5.41, 5.74) is 1.04. The highest BCUT2D eigenvalue weighted by Gasteiger charge is 2.11. The van der Waals surface area contributed by atoms with Crippen LogP contribution in [0.4, 0.5) is 4.39 Å². The number of hydrogen-bond acceptors (Lipinski definition) is 2. The standard InChI is InChI=1S/C15H25FN2/c1-4-10-18(3)11-9-15(17-5-2)13-7-6-8-14(16)12-13/h6-8,12,15,17H,4-5,9-11H2,1-3H3. The molecular weight excluding hydrogens is 227 g/mol. The molecule has 0 fully saturated rings. The zero-order valence-corrected chi connectivity index (χ0v) is 11.7. The molecule has 0 saturated heterocycles. The number of rotatable bonds is 8. The van der Waals surface area contributed by atoms with E-state index in [0.717, 1.165) is 31.6 Å². The predicted octanol–water partition coefficient (Wildman–Crippen LogP) is 3.21. The summed E-state index contributed by atoms with van der Waals surface area (Å²) in [4.78, 5) is 2.32. The van der Waals surface area contributed by atoms with Crippen LogP contribution in [-0.4, -0.2) is 31.6 Å². The lowest BCUT2D eigenvalue weighted by Crippen LogP contribution is -2.27. The maximum atomic E-state index is 13.2. The number of nitrogens with one attached hydrogen (secondary N) is 1. The summed E-state index contributed by atoms with van der Waals surface area (Å²) in [7, 11) is 2.14. The van der Waals surface area contributed by atoms with Gasteiger partial charge in [0.2, 0.25) is 0 Å². The van der Waals surface area contributed by atoms with Gasteiger partial charge in [-0.15, -0.1) is 0 Å². The van der Waals surface area contributed by atoms with Crippen LogP contribution in [0, 0.1) is 5.82 Å². The second-order valence-corrected chi connectivity index (χ2v) is 4.76. The SMILES string of the molecule is CCCN(C)CCC(NCC)c1cccc(F)c1. The Kier molecular flexibility index (Phi) is 6.91. The van der Waals surface area contributed by atoms with Crippen LogP contribution in [0.2, 0.25) is 0 Å². The van der Waals surface area contributed by atoms with Crippen LogP contribution < -0.4 is 5.32 Å². The third kappa shape index (κ3) is 5.15. The molecule has 0 heterocycles. The van der Waals surface area contributed by atoms with Gasteiger partial charge in [-0.3, -0.25) is 0 Å². The molecule has 0 aliphatic heterocycles. The minimum Gasteiger partial charge on any atom is -0.310 e. The molecule has 0 aliphatic rings. The van der Waals surface area contributed by atoms with Gasteiger partial charge in [-0.05, 0) is 57.2 Å². The van der Waals surface area contributed by atoms with Crippen molar-refractivity contribution in [3.05, 3.63) is 35.6 Å². The molecule has 0 aromatic heterocycles. The Morgan fingerprint density at radius 1 is 1.28 bits per heavy atom. The van der Waals surface area contributed by atoms with Crippen LogP contribution in [0.15, 0.2) is 24.3 Å². The molecule has 3 heteroatoms. The Morgan fingerprint density at radius 3 is 2.67 bits per heavy atom. The van der Waals surface area contributed by atoms with Crippen LogP contribution in [0.1, 0.15) is 38.3 Å². The maximum absolute atomic E-state index is 13.2. The summed E-state index contributed by atoms with van der Waals surface area (Å²) in [5.74, 6) is -0.155. The summed E-state index contributed by atoms with van der Waals surface area (Å²) >= 11 is 0. The zero-order chi connectivity index (χ0) is 13.4. The van der Waals surface area contributed by atoms with E-state index in [4.69, 9.17) is 0 Å². The van der Waals surface area contributed by atoms with E-state index in [-0.39, 0.29) is 11.9 Å². The fourth-order valence-electron chi connectivity index (χ4n) is 2.20. The van der Waals surface area contributed by atoms with E-state index in [9.17, 15) is 4.39 Å². The molecule has 0 radical (unpaired) electrons. The highest BCUT2D eigenvalue weighted by Crippen LogP contribution is 2.18. The van der Waals surface area contributed by atoms with Crippen LogP contribution >= 0.6 is 0 Å². The highest BCUT2D eigenvalue weighted by atomic mass is 19.1. The summed E-state index contributed by atoms with van der Waals surface area (Å²) in [6.45, 7) is 7.32. The second-order valence-electron chi connectivity index (χ2n) is 4.76. The largest absolute Gasteiger partial charge is 0.310 e. The molecular formula is C15H25FN2. The topological polar surface area (TPSA) is 15.3 Å².